The topological polar surface area (TPSA) is 72.5 Å². The summed E-state index contributed by atoms with van der Waals surface area (Å²) in [7, 11) is -4.05. The SMILES string of the molecule is CC(=O)Nc1ccc(OS(=O)(=O)c2cc(Cl)c(Cl)cc2C)cc1. The Morgan fingerprint density at radius 2 is 1.65 bits per heavy atom. The molecule has 23 heavy (non-hydrogen) atoms. The summed E-state index contributed by atoms with van der Waals surface area (Å²) >= 11 is 11.7. The first-order valence-corrected chi connectivity index (χ1v) is 8.63. The summed E-state index contributed by atoms with van der Waals surface area (Å²) in [6.45, 7) is 2.97. The lowest BCUT2D eigenvalue weighted by atomic mass is 10.2. The Bertz CT molecular complexity index is 849. The molecule has 0 unspecified atom stereocenters. The van der Waals surface area contributed by atoms with Gasteiger partial charge in [-0.1, -0.05) is 23.2 Å². The quantitative estimate of drug-likeness (QED) is 0.821. The van der Waals surface area contributed by atoms with E-state index in [2.05, 4.69) is 5.32 Å². The van der Waals surface area contributed by atoms with Crippen LogP contribution in [0.5, 0.6) is 5.75 Å². The number of anilines is 1. The number of amides is 1. The van der Waals surface area contributed by atoms with Gasteiger partial charge in [0.2, 0.25) is 5.91 Å². The Balaban J connectivity index is 2.28. The summed E-state index contributed by atoms with van der Waals surface area (Å²) in [5.41, 5.74) is 0.960. The predicted molar refractivity (Wildman–Crippen MR) is 89.8 cm³/mol. The summed E-state index contributed by atoms with van der Waals surface area (Å²) in [4.78, 5) is 10.9. The fourth-order valence-corrected chi connectivity index (χ4v) is 3.48. The zero-order chi connectivity index (χ0) is 17.2. The molecular weight excluding hydrogens is 361 g/mol. The molecule has 0 spiro atoms. The second-order valence-electron chi connectivity index (χ2n) is 4.77. The molecule has 8 heteroatoms. The van der Waals surface area contributed by atoms with Gasteiger partial charge in [0.15, 0.2) is 0 Å². The Kier molecular flexibility index (Phi) is 5.19. The molecule has 0 atom stereocenters. The number of carbonyl (C=O) groups is 1. The van der Waals surface area contributed by atoms with Crippen molar-refractivity contribution >= 4 is 44.9 Å². The molecule has 5 nitrogen and oxygen atoms in total. The van der Waals surface area contributed by atoms with Crippen molar-refractivity contribution in [1.29, 1.82) is 0 Å². The molecule has 0 saturated heterocycles. The van der Waals surface area contributed by atoms with Gasteiger partial charge in [0.1, 0.15) is 10.6 Å². The van der Waals surface area contributed by atoms with Crippen molar-refractivity contribution in [2.24, 2.45) is 0 Å². The van der Waals surface area contributed by atoms with Crippen LogP contribution >= 0.6 is 23.2 Å². The number of aryl methyl sites for hydroxylation is 1. The number of hydrogen-bond donors (Lipinski definition) is 1. The van der Waals surface area contributed by atoms with Gasteiger partial charge in [0.25, 0.3) is 0 Å². The van der Waals surface area contributed by atoms with Crippen LogP contribution in [0, 0.1) is 6.92 Å². The molecule has 2 rings (SSSR count). The summed E-state index contributed by atoms with van der Waals surface area (Å²) in [5, 5.41) is 2.97. The van der Waals surface area contributed by atoms with Gasteiger partial charge in [-0.15, -0.1) is 0 Å². The van der Waals surface area contributed by atoms with Crippen molar-refractivity contribution < 1.29 is 17.4 Å². The van der Waals surface area contributed by atoms with Gasteiger partial charge in [-0.2, -0.15) is 8.42 Å². The third-order valence-corrected chi connectivity index (χ3v) is 4.98. The van der Waals surface area contributed by atoms with Gasteiger partial charge >= 0.3 is 10.1 Å². The number of rotatable bonds is 4. The Labute approximate surface area is 144 Å². The highest BCUT2D eigenvalue weighted by Crippen LogP contribution is 2.30. The molecule has 122 valence electrons. The van der Waals surface area contributed by atoms with E-state index in [1.165, 1.54) is 43.3 Å². The van der Waals surface area contributed by atoms with Crippen LogP contribution in [0.4, 0.5) is 5.69 Å². The van der Waals surface area contributed by atoms with Crippen molar-refractivity contribution in [2.75, 3.05) is 5.32 Å². The molecular formula is C15H13Cl2NO4S. The van der Waals surface area contributed by atoms with Gasteiger partial charge in [0, 0.05) is 12.6 Å². The molecule has 0 saturated carbocycles. The molecule has 1 amide bonds. The minimum absolute atomic E-state index is 0.0576. The maximum Gasteiger partial charge on any atom is 0.339 e. The normalized spacial score (nSPS) is 11.1. The van der Waals surface area contributed by atoms with Crippen LogP contribution in [0.2, 0.25) is 10.0 Å². The van der Waals surface area contributed by atoms with Crippen LogP contribution in [0.1, 0.15) is 12.5 Å². The first-order valence-electron chi connectivity index (χ1n) is 6.47. The van der Waals surface area contributed by atoms with Gasteiger partial charge in [-0.3, -0.25) is 4.79 Å². The van der Waals surface area contributed by atoms with Crippen molar-refractivity contribution in [3.05, 3.63) is 52.0 Å². The number of nitrogens with one attached hydrogen (secondary N) is 1. The maximum atomic E-state index is 12.4. The van der Waals surface area contributed by atoms with Crippen molar-refractivity contribution in [3.8, 4) is 5.75 Å². The Hall–Kier alpha value is -1.76. The lowest BCUT2D eigenvalue weighted by molar-refractivity contribution is -0.114. The summed E-state index contributed by atoms with van der Waals surface area (Å²) < 4.78 is 29.8. The highest BCUT2D eigenvalue weighted by Gasteiger charge is 2.21. The minimum atomic E-state index is -4.05. The lowest BCUT2D eigenvalue weighted by Gasteiger charge is -2.11. The van der Waals surface area contributed by atoms with Crippen LogP contribution in [0.15, 0.2) is 41.3 Å². The average Bonchev–Trinajstić information content (AvgIpc) is 2.44. The molecule has 0 aliphatic heterocycles. The van der Waals surface area contributed by atoms with E-state index in [0.29, 0.717) is 11.3 Å². The average molecular weight is 374 g/mol. The van der Waals surface area contributed by atoms with E-state index >= 15 is 0 Å². The third-order valence-electron chi connectivity index (χ3n) is 2.87. The monoisotopic (exact) mass is 373 g/mol. The van der Waals surface area contributed by atoms with Crippen molar-refractivity contribution in [1.82, 2.24) is 0 Å². The highest BCUT2D eigenvalue weighted by atomic mass is 35.5. The summed E-state index contributed by atoms with van der Waals surface area (Å²) in [6.07, 6.45) is 0. The van der Waals surface area contributed by atoms with E-state index < -0.39 is 10.1 Å². The minimum Gasteiger partial charge on any atom is -0.379 e. The van der Waals surface area contributed by atoms with Crippen LogP contribution in [0.25, 0.3) is 0 Å². The molecule has 0 bridgehead atoms. The Morgan fingerprint density at radius 1 is 1.09 bits per heavy atom. The molecule has 2 aromatic carbocycles. The lowest BCUT2D eigenvalue weighted by Crippen LogP contribution is -2.11. The van der Waals surface area contributed by atoms with Crippen molar-refractivity contribution in [2.45, 2.75) is 18.7 Å². The van der Waals surface area contributed by atoms with E-state index in [1.54, 1.807) is 6.92 Å². The fourth-order valence-electron chi connectivity index (χ4n) is 1.87. The van der Waals surface area contributed by atoms with E-state index in [0.717, 1.165) is 0 Å². The van der Waals surface area contributed by atoms with Gasteiger partial charge in [-0.25, -0.2) is 0 Å². The first-order chi connectivity index (χ1) is 10.7. The summed E-state index contributed by atoms with van der Waals surface area (Å²) in [6, 6.07) is 8.66. The second kappa shape index (κ2) is 6.78. The molecule has 2 aromatic rings. The number of hydrogen-bond acceptors (Lipinski definition) is 4. The van der Waals surface area contributed by atoms with Crippen LogP contribution in [0.3, 0.4) is 0 Å². The van der Waals surface area contributed by atoms with Gasteiger partial charge < -0.3 is 9.50 Å². The van der Waals surface area contributed by atoms with E-state index in [9.17, 15) is 13.2 Å². The zero-order valence-electron chi connectivity index (χ0n) is 12.3. The second-order valence-corrected chi connectivity index (χ2v) is 7.10. The number of benzene rings is 2. The smallest absolute Gasteiger partial charge is 0.339 e. The number of carbonyl (C=O) groups excluding carboxylic acids is 1. The first kappa shape index (κ1) is 17.6. The van der Waals surface area contributed by atoms with Gasteiger partial charge in [-0.05, 0) is 48.9 Å². The molecule has 0 fully saturated rings. The van der Waals surface area contributed by atoms with Crippen LogP contribution in [-0.2, 0) is 14.9 Å². The molecule has 0 aromatic heterocycles. The van der Waals surface area contributed by atoms with Gasteiger partial charge in [0.05, 0.1) is 10.0 Å². The van der Waals surface area contributed by atoms with Crippen LogP contribution < -0.4 is 9.50 Å². The zero-order valence-corrected chi connectivity index (χ0v) is 14.6. The Morgan fingerprint density at radius 3 is 2.22 bits per heavy atom. The maximum absolute atomic E-state index is 12.4. The fraction of sp³-hybridized carbons (Fsp3) is 0.133. The standard InChI is InChI=1S/C15H13Cl2NO4S/c1-9-7-13(16)14(17)8-15(9)23(20,21)22-12-5-3-11(4-6-12)18-10(2)19/h3-8H,1-2H3,(H,18,19). The van der Waals surface area contributed by atoms with E-state index in [1.807, 2.05) is 0 Å². The van der Waals surface area contributed by atoms with E-state index in [-0.39, 0.29) is 26.6 Å². The molecule has 0 aliphatic carbocycles. The van der Waals surface area contributed by atoms with Crippen LogP contribution in [-0.4, -0.2) is 14.3 Å². The third kappa shape index (κ3) is 4.37. The highest BCUT2D eigenvalue weighted by molar-refractivity contribution is 7.87. The molecule has 0 radical (unpaired) electrons. The predicted octanol–water partition coefficient (Wildman–Crippen LogP) is 4.03. The molecule has 0 heterocycles. The van der Waals surface area contributed by atoms with Crippen molar-refractivity contribution in [3.63, 3.8) is 0 Å². The summed E-state index contributed by atoms with van der Waals surface area (Å²) in [5.74, 6) is -0.109. The van der Waals surface area contributed by atoms with E-state index in [4.69, 9.17) is 27.4 Å². The molecule has 1 N–H and O–H groups in total. The molecule has 0 aliphatic rings. The largest absolute Gasteiger partial charge is 0.379 e. The number of halogens is 2.